The number of nitrogens with one attached hydrogen (secondary N) is 1. The van der Waals surface area contributed by atoms with Crippen molar-refractivity contribution in [3.05, 3.63) is 51.4 Å². The number of benzene rings is 1. The maximum Gasteiger partial charge on any atom is 0.348 e. The smallest absolute Gasteiger partial charge is 0.348 e. The summed E-state index contributed by atoms with van der Waals surface area (Å²) in [5.74, 6) is -1.48. The molecule has 0 aliphatic heterocycles. The fraction of sp³-hybridized carbons (Fsp3) is 0.381. The van der Waals surface area contributed by atoms with Gasteiger partial charge in [-0.15, -0.1) is 11.3 Å². The summed E-state index contributed by atoms with van der Waals surface area (Å²) in [6.07, 6.45) is 0.579. The molecular formula is C21H25NO5S. The van der Waals surface area contributed by atoms with Crippen molar-refractivity contribution in [2.24, 2.45) is 0 Å². The van der Waals surface area contributed by atoms with E-state index in [-0.39, 0.29) is 34.1 Å². The first kappa shape index (κ1) is 21.6. The average Bonchev–Trinajstić information content (AvgIpc) is 2.97. The molecule has 1 N–H and O–H groups in total. The summed E-state index contributed by atoms with van der Waals surface area (Å²) in [7, 11) is 0. The first-order valence-electron chi connectivity index (χ1n) is 9.20. The fourth-order valence-electron chi connectivity index (χ4n) is 2.58. The van der Waals surface area contributed by atoms with Gasteiger partial charge in [-0.1, -0.05) is 19.1 Å². The third-order valence-corrected chi connectivity index (χ3v) is 5.19. The van der Waals surface area contributed by atoms with E-state index < -0.39 is 11.9 Å². The summed E-state index contributed by atoms with van der Waals surface area (Å²) >= 11 is 1.01. The van der Waals surface area contributed by atoms with E-state index in [1.807, 2.05) is 19.1 Å². The van der Waals surface area contributed by atoms with Gasteiger partial charge < -0.3 is 14.8 Å². The lowest BCUT2D eigenvalue weighted by Gasteiger charge is -2.08. The van der Waals surface area contributed by atoms with Gasteiger partial charge in [0.15, 0.2) is 0 Å². The zero-order valence-corrected chi connectivity index (χ0v) is 17.6. The molecule has 2 aromatic rings. The Kier molecular flexibility index (Phi) is 7.34. The van der Waals surface area contributed by atoms with Gasteiger partial charge in [-0.2, -0.15) is 0 Å². The molecule has 0 radical (unpaired) electrons. The van der Waals surface area contributed by atoms with Crippen molar-refractivity contribution in [3.8, 4) is 0 Å². The number of hydrogen-bond donors (Lipinski definition) is 1. The predicted octanol–water partition coefficient (Wildman–Crippen LogP) is 4.61. The summed E-state index contributed by atoms with van der Waals surface area (Å²) < 4.78 is 10.4. The second-order valence-electron chi connectivity index (χ2n) is 6.44. The molecule has 1 amide bonds. The number of carbonyl (C=O) groups excluding carboxylic acids is 3. The number of aryl methyl sites for hydroxylation is 1. The summed E-state index contributed by atoms with van der Waals surface area (Å²) in [6, 6.07) is 7.22. The zero-order valence-electron chi connectivity index (χ0n) is 16.8. The molecule has 0 aliphatic carbocycles. The second-order valence-corrected chi connectivity index (χ2v) is 7.46. The van der Waals surface area contributed by atoms with Gasteiger partial charge in [0, 0.05) is 5.56 Å². The molecule has 1 aromatic carbocycles. The molecule has 150 valence electrons. The molecule has 2 rings (SSSR count). The largest absolute Gasteiger partial charge is 0.462 e. The third-order valence-electron chi connectivity index (χ3n) is 4.01. The normalized spacial score (nSPS) is 10.6. The fourth-order valence-corrected chi connectivity index (χ4v) is 3.65. The van der Waals surface area contributed by atoms with Crippen LogP contribution in [0.2, 0.25) is 0 Å². The molecule has 0 bridgehead atoms. The van der Waals surface area contributed by atoms with Crippen molar-refractivity contribution in [2.45, 2.75) is 47.1 Å². The van der Waals surface area contributed by atoms with Gasteiger partial charge in [0.1, 0.15) is 9.88 Å². The molecule has 0 fully saturated rings. The Morgan fingerprint density at radius 2 is 1.71 bits per heavy atom. The van der Waals surface area contributed by atoms with Crippen LogP contribution in [0.15, 0.2) is 24.3 Å². The number of amides is 1. The quantitative estimate of drug-likeness (QED) is 0.683. The summed E-state index contributed by atoms with van der Waals surface area (Å²) in [5.41, 5.74) is 2.20. The first-order valence-corrected chi connectivity index (χ1v) is 10.0. The molecule has 0 aliphatic rings. The van der Waals surface area contributed by atoms with Crippen LogP contribution in [0.25, 0.3) is 0 Å². The predicted molar refractivity (Wildman–Crippen MR) is 109 cm³/mol. The van der Waals surface area contributed by atoms with Gasteiger partial charge in [-0.3, -0.25) is 4.79 Å². The van der Waals surface area contributed by atoms with Gasteiger partial charge in [0.05, 0.1) is 18.3 Å². The minimum Gasteiger partial charge on any atom is -0.462 e. The van der Waals surface area contributed by atoms with Crippen LogP contribution in [-0.2, 0) is 15.9 Å². The molecule has 0 unspecified atom stereocenters. The van der Waals surface area contributed by atoms with E-state index in [1.54, 1.807) is 39.8 Å². The minimum absolute atomic E-state index is 0.182. The number of hydrogen-bond acceptors (Lipinski definition) is 6. The van der Waals surface area contributed by atoms with E-state index in [1.165, 1.54) is 0 Å². The first-order chi connectivity index (χ1) is 13.3. The van der Waals surface area contributed by atoms with Crippen LogP contribution in [0.3, 0.4) is 0 Å². The van der Waals surface area contributed by atoms with Gasteiger partial charge in [0.25, 0.3) is 5.91 Å². The second kappa shape index (κ2) is 9.50. The van der Waals surface area contributed by atoms with Crippen molar-refractivity contribution < 1.29 is 23.9 Å². The molecule has 0 atom stereocenters. The molecule has 1 heterocycles. The van der Waals surface area contributed by atoms with Crippen molar-refractivity contribution in [2.75, 3.05) is 11.9 Å². The molecular weight excluding hydrogens is 378 g/mol. The lowest BCUT2D eigenvalue weighted by atomic mass is 10.1. The van der Waals surface area contributed by atoms with Crippen LogP contribution >= 0.6 is 11.3 Å². The maximum absolute atomic E-state index is 12.6. The van der Waals surface area contributed by atoms with E-state index in [2.05, 4.69) is 5.32 Å². The number of ether oxygens (including phenoxy) is 2. The summed E-state index contributed by atoms with van der Waals surface area (Å²) in [6.45, 7) is 9.05. The van der Waals surface area contributed by atoms with E-state index in [4.69, 9.17) is 9.47 Å². The van der Waals surface area contributed by atoms with E-state index in [0.717, 1.165) is 23.3 Å². The SMILES string of the molecule is CCOC(=O)c1c(NC(=O)c2ccc(CC)cc2)sc(C(=O)OC(C)C)c1C. The van der Waals surface area contributed by atoms with Crippen LogP contribution in [0, 0.1) is 6.92 Å². The van der Waals surface area contributed by atoms with Crippen molar-refractivity contribution >= 4 is 34.2 Å². The van der Waals surface area contributed by atoms with Gasteiger partial charge in [-0.25, -0.2) is 9.59 Å². The van der Waals surface area contributed by atoms with Crippen LogP contribution < -0.4 is 5.32 Å². The standard InChI is InChI=1S/C21H25NO5S/c1-6-14-8-10-15(11-9-14)18(23)22-19-16(20(24)26-7-2)13(5)17(28-19)21(25)27-12(3)4/h8-12H,6-7H2,1-5H3,(H,22,23). The molecule has 1 aromatic heterocycles. The van der Waals surface area contributed by atoms with Crippen LogP contribution in [-0.4, -0.2) is 30.6 Å². The summed E-state index contributed by atoms with van der Waals surface area (Å²) in [5, 5.41) is 3.02. The third kappa shape index (κ3) is 4.98. The average molecular weight is 404 g/mol. The van der Waals surface area contributed by atoms with Gasteiger partial charge >= 0.3 is 11.9 Å². The highest BCUT2D eigenvalue weighted by Gasteiger charge is 2.28. The molecule has 0 saturated carbocycles. The Labute approximate surface area is 168 Å². The van der Waals surface area contributed by atoms with Crippen LogP contribution in [0.4, 0.5) is 5.00 Å². The van der Waals surface area contributed by atoms with Gasteiger partial charge in [-0.05, 0) is 57.4 Å². The topological polar surface area (TPSA) is 81.7 Å². The van der Waals surface area contributed by atoms with E-state index in [9.17, 15) is 14.4 Å². The summed E-state index contributed by atoms with van der Waals surface area (Å²) in [4.78, 5) is 37.7. The highest BCUT2D eigenvalue weighted by molar-refractivity contribution is 7.18. The van der Waals surface area contributed by atoms with E-state index >= 15 is 0 Å². The molecule has 0 saturated heterocycles. The number of anilines is 1. The monoisotopic (exact) mass is 403 g/mol. The molecule has 7 heteroatoms. The highest BCUT2D eigenvalue weighted by atomic mass is 32.1. The van der Waals surface area contributed by atoms with Crippen LogP contribution in [0.5, 0.6) is 0 Å². The van der Waals surface area contributed by atoms with Crippen molar-refractivity contribution in [3.63, 3.8) is 0 Å². The Morgan fingerprint density at radius 3 is 2.25 bits per heavy atom. The molecule has 28 heavy (non-hydrogen) atoms. The number of carbonyl (C=O) groups is 3. The lowest BCUT2D eigenvalue weighted by Crippen LogP contribution is -2.15. The number of thiophene rings is 1. The minimum atomic E-state index is -0.587. The molecule has 6 nitrogen and oxygen atoms in total. The van der Waals surface area contributed by atoms with Crippen molar-refractivity contribution in [1.29, 1.82) is 0 Å². The van der Waals surface area contributed by atoms with Gasteiger partial charge in [0.2, 0.25) is 0 Å². The van der Waals surface area contributed by atoms with Crippen LogP contribution in [0.1, 0.15) is 69.2 Å². The Balaban J connectivity index is 2.38. The molecule has 0 spiro atoms. The maximum atomic E-state index is 12.6. The number of rotatable bonds is 7. The Bertz CT molecular complexity index is 868. The number of esters is 2. The Hall–Kier alpha value is -2.67. The zero-order chi connectivity index (χ0) is 20.8. The highest BCUT2D eigenvalue weighted by Crippen LogP contribution is 2.34. The van der Waals surface area contributed by atoms with E-state index in [0.29, 0.717) is 11.1 Å². The van der Waals surface area contributed by atoms with Crippen molar-refractivity contribution in [1.82, 2.24) is 0 Å². The lowest BCUT2D eigenvalue weighted by molar-refractivity contribution is 0.0383. The Morgan fingerprint density at radius 1 is 1.07 bits per heavy atom.